The molecule has 184 valence electrons. The lowest BCUT2D eigenvalue weighted by Gasteiger charge is -2.22. The molecule has 0 bridgehead atoms. The van der Waals surface area contributed by atoms with Crippen LogP contribution < -0.4 is 14.9 Å². The summed E-state index contributed by atoms with van der Waals surface area (Å²) >= 11 is 9.55. The fourth-order valence-electron chi connectivity index (χ4n) is 3.18. The molecule has 0 aromatic heterocycles. The highest BCUT2D eigenvalue weighted by Crippen LogP contribution is 2.29. The lowest BCUT2D eigenvalue weighted by molar-refractivity contribution is -0.121. The van der Waals surface area contributed by atoms with Gasteiger partial charge in [0.2, 0.25) is 10.0 Å². The lowest BCUT2D eigenvalue weighted by atomic mass is 10.2. The number of amides is 1. The Morgan fingerprint density at radius 2 is 1.77 bits per heavy atom. The van der Waals surface area contributed by atoms with Crippen LogP contribution in [0, 0.1) is 0 Å². The van der Waals surface area contributed by atoms with Crippen molar-refractivity contribution in [3.05, 3.63) is 87.4 Å². The minimum atomic E-state index is -4.02. The first-order valence-electron chi connectivity index (χ1n) is 10.3. The average molecular weight is 581 g/mol. The predicted molar refractivity (Wildman–Crippen MR) is 138 cm³/mol. The van der Waals surface area contributed by atoms with Crippen molar-refractivity contribution in [2.24, 2.45) is 5.10 Å². The standard InChI is InChI=1S/C24H23BrClN3O5S/c1-33-22-9-5-7-17(24(22)34-2)14-27-28-23(30)16-29(15-18-6-3-4-8-21(18)26)35(31,32)20-12-10-19(25)11-13-20/h3-14H,15-16H2,1-2H3,(H,28,30)/b27-14+. The number of sulfonamides is 1. The minimum absolute atomic E-state index is 0.0465. The lowest BCUT2D eigenvalue weighted by Crippen LogP contribution is -2.39. The number of hydrogen-bond donors (Lipinski definition) is 1. The van der Waals surface area contributed by atoms with E-state index >= 15 is 0 Å². The zero-order valence-electron chi connectivity index (χ0n) is 18.9. The molecule has 0 aliphatic heterocycles. The number of carbonyl (C=O) groups is 1. The van der Waals surface area contributed by atoms with E-state index in [0.29, 0.717) is 27.6 Å². The highest BCUT2D eigenvalue weighted by molar-refractivity contribution is 9.10. The van der Waals surface area contributed by atoms with E-state index in [-0.39, 0.29) is 11.4 Å². The summed E-state index contributed by atoms with van der Waals surface area (Å²) < 4.78 is 39.1. The second-order valence-electron chi connectivity index (χ2n) is 7.19. The van der Waals surface area contributed by atoms with E-state index in [1.165, 1.54) is 32.6 Å². The largest absolute Gasteiger partial charge is 0.493 e. The van der Waals surface area contributed by atoms with Crippen molar-refractivity contribution < 1.29 is 22.7 Å². The number of methoxy groups -OCH3 is 2. The number of benzene rings is 3. The molecule has 8 nitrogen and oxygen atoms in total. The number of ether oxygens (including phenoxy) is 2. The van der Waals surface area contributed by atoms with Crippen molar-refractivity contribution in [3.63, 3.8) is 0 Å². The Morgan fingerprint density at radius 3 is 2.43 bits per heavy atom. The normalized spacial score (nSPS) is 11.6. The molecule has 0 saturated heterocycles. The Kier molecular flexibility index (Phi) is 9.27. The van der Waals surface area contributed by atoms with Gasteiger partial charge in [-0.2, -0.15) is 9.41 Å². The second kappa shape index (κ2) is 12.2. The van der Waals surface area contributed by atoms with E-state index in [2.05, 4.69) is 26.5 Å². The van der Waals surface area contributed by atoms with Gasteiger partial charge in [-0.15, -0.1) is 0 Å². The van der Waals surface area contributed by atoms with Crippen molar-refractivity contribution in [1.29, 1.82) is 0 Å². The zero-order chi connectivity index (χ0) is 25.4. The third-order valence-corrected chi connectivity index (χ3v) is 7.61. The number of para-hydroxylation sites is 1. The highest BCUT2D eigenvalue weighted by atomic mass is 79.9. The smallest absolute Gasteiger partial charge is 0.255 e. The summed E-state index contributed by atoms with van der Waals surface area (Å²) in [5, 5.41) is 4.35. The Morgan fingerprint density at radius 1 is 1.06 bits per heavy atom. The van der Waals surface area contributed by atoms with Crippen molar-refractivity contribution in [3.8, 4) is 11.5 Å². The van der Waals surface area contributed by atoms with Crippen molar-refractivity contribution in [2.75, 3.05) is 20.8 Å². The molecule has 0 aliphatic carbocycles. The molecule has 3 rings (SSSR count). The molecule has 3 aromatic rings. The Bertz CT molecular complexity index is 1320. The summed E-state index contributed by atoms with van der Waals surface area (Å²) in [5.41, 5.74) is 3.51. The summed E-state index contributed by atoms with van der Waals surface area (Å²) in [4.78, 5) is 12.7. The van der Waals surface area contributed by atoms with Crippen LogP contribution in [0.5, 0.6) is 11.5 Å². The molecule has 0 unspecified atom stereocenters. The fraction of sp³-hybridized carbons (Fsp3) is 0.167. The second-order valence-corrected chi connectivity index (χ2v) is 10.5. The quantitative estimate of drug-likeness (QED) is 0.282. The first-order chi connectivity index (χ1) is 16.8. The van der Waals surface area contributed by atoms with E-state index in [4.69, 9.17) is 21.1 Å². The number of halogens is 2. The number of nitrogens with zero attached hydrogens (tertiary/aromatic N) is 2. The third-order valence-electron chi connectivity index (χ3n) is 4.90. The van der Waals surface area contributed by atoms with Crippen molar-refractivity contribution in [2.45, 2.75) is 11.4 Å². The van der Waals surface area contributed by atoms with Gasteiger partial charge in [0.05, 0.1) is 31.9 Å². The van der Waals surface area contributed by atoms with Crippen LogP contribution in [-0.2, 0) is 21.4 Å². The summed E-state index contributed by atoms with van der Waals surface area (Å²) in [6.45, 7) is -0.574. The van der Waals surface area contributed by atoms with Crippen LogP contribution in [0.4, 0.5) is 0 Å². The molecule has 0 fully saturated rings. The van der Waals surface area contributed by atoms with Gasteiger partial charge < -0.3 is 9.47 Å². The molecule has 0 atom stereocenters. The van der Waals surface area contributed by atoms with Crippen LogP contribution in [-0.4, -0.2) is 45.6 Å². The average Bonchev–Trinajstić information content (AvgIpc) is 2.85. The highest BCUT2D eigenvalue weighted by Gasteiger charge is 2.27. The van der Waals surface area contributed by atoms with Gasteiger partial charge in [-0.1, -0.05) is 51.8 Å². The third kappa shape index (κ3) is 6.82. The monoisotopic (exact) mass is 579 g/mol. The number of rotatable bonds is 10. The van der Waals surface area contributed by atoms with Crippen LogP contribution in [0.15, 0.2) is 81.2 Å². The van der Waals surface area contributed by atoms with Crippen molar-refractivity contribution >= 4 is 49.7 Å². The van der Waals surface area contributed by atoms with Crippen LogP contribution in [0.1, 0.15) is 11.1 Å². The van der Waals surface area contributed by atoms with Crippen LogP contribution >= 0.6 is 27.5 Å². The van der Waals surface area contributed by atoms with Crippen LogP contribution in [0.2, 0.25) is 5.02 Å². The summed E-state index contributed by atoms with van der Waals surface area (Å²) in [6, 6.07) is 18.2. The van der Waals surface area contributed by atoms with Gasteiger partial charge in [-0.25, -0.2) is 13.8 Å². The molecule has 11 heteroatoms. The Hall–Kier alpha value is -2.92. The molecule has 1 N–H and O–H groups in total. The maximum absolute atomic E-state index is 13.4. The van der Waals surface area contributed by atoms with Crippen molar-refractivity contribution in [1.82, 2.24) is 9.73 Å². The molecule has 0 spiro atoms. The summed E-state index contributed by atoms with van der Waals surface area (Å²) in [6.07, 6.45) is 1.39. The predicted octanol–water partition coefficient (Wildman–Crippen LogP) is 4.46. The molecule has 0 aliphatic rings. The zero-order valence-corrected chi connectivity index (χ0v) is 22.1. The molecule has 35 heavy (non-hydrogen) atoms. The summed E-state index contributed by atoms with van der Waals surface area (Å²) in [5.74, 6) is 0.330. The number of hydrazone groups is 1. The molecule has 0 saturated carbocycles. The first-order valence-corrected chi connectivity index (χ1v) is 12.9. The van der Waals surface area contributed by atoms with Gasteiger partial charge in [0.1, 0.15) is 0 Å². The SMILES string of the molecule is COc1cccc(/C=N/NC(=O)CN(Cc2ccccc2Cl)S(=O)(=O)c2ccc(Br)cc2)c1OC. The molecule has 0 heterocycles. The van der Waals surface area contributed by atoms with E-state index in [9.17, 15) is 13.2 Å². The number of nitrogens with one attached hydrogen (secondary N) is 1. The number of hydrogen-bond acceptors (Lipinski definition) is 6. The van der Waals surface area contributed by atoms with Gasteiger partial charge in [0.25, 0.3) is 5.91 Å². The van der Waals surface area contributed by atoms with Crippen LogP contribution in [0.3, 0.4) is 0 Å². The molecule has 3 aromatic carbocycles. The summed E-state index contributed by atoms with van der Waals surface area (Å²) in [7, 11) is -1.01. The van der Waals surface area contributed by atoms with E-state index in [1.807, 2.05) is 0 Å². The Balaban J connectivity index is 1.82. The Labute approximate surface area is 217 Å². The van der Waals surface area contributed by atoms with Gasteiger partial charge >= 0.3 is 0 Å². The molecular formula is C24H23BrClN3O5S. The fourth-order valence-corrected chi connectivity index (χ4v) is 5.02. The first kappa shape index (κ1) is 26.7. The number of carbonyl (C=O) groups excluding carboxylic acids is 1. The molecule has 1 amide bonds. The maximum Gasteiger partial charge on any atom is 0.255 e. The van der Waals surface area contributed by atoms with E-state index in [1.54, 1.807) is 54.6 Å². The molecule has 0 radical (unpaired) electrons. The van der Waals surface area contributed by atoms with Gasteiger partial charge in [-0.05, 0) is 48.0 Å². The van der Waals surface area contributed by atoms with E-state index in [0.717, 1.165) is 8.78 Å². The van der Waals surface area contributed by atoms with E-state index < -0.39 is 22.5 Å². The van der Waals surface area contributed by atoms with Crippen LogP contribution in [0.25, 0.3) is 0 Å². The topological polar surface area (TPSA) is 97.3 Å². The van der Waals surface area contributed by atoms with Gasteiger partial charge in [0, 0.05) is 21.6 Å². The maximum atomic E-state index is 13.4. The van der Waals surface area contributed by atoms with Gasteiger partial charge in [-0.3, -0.25) is 4.79 Å². The molecular weight excluding hydrogens is 558 g/mol. The minimum Gasteiger partial charge on any atom is -0.493 e. The van der Waals surface area contributed by atoms with Gasteiger partial charge in [0.15, 0.2) is 11.5 Å².